The number of carbonyl (C=O) groups is 1. The molecule has 0 aliphatic carbocycles. The van der Waals surface area contributed by atoms with Crippen LogP contribution in [0, 0.1) is 5.41 Å². The average Bonchev–Trinajstić information content (AvgIpc) is 2.26. The minimum Gasteiger partial charge on any atom is -0.476 e. The number of anilines is 1. The Morgan fingerprint density at radius 1 is 1.35 bits per heavy atom. The summed E-state index contributed by atoms with van der Waals surface area (Å²) < 4.78 is 0. The molecule has 94 valence electrons. The summed E-state index contributed by atoms with van der Waals surface area (Å²) in [5.41, 5.74) is 0.0765. The number of carboxylic acids is 1. The first-order valence-corrected chi connectivity index (χ1v) is 5.53. The van der Waals surface area contributed by atoms with Gasteiger partial charge in [-0.25, -0.2) is 4.79 Å². The highest BCUT2D eigenvalue weighted by Gasteiger charge is 2.25. The molecule has 0 saturated heterocycles. The van der Waals surface area contributed by atoms with Crippen molar-refractivity contribution in [3.8, 4) is 0 Å². The zero-order chi connectivity index (χ0) is 13.2. The third-order valence-corrected chi connectivity index (χ3v) is 3.07. The van der Waals surface area contributed by atoms with Gasteiger partial charge in [0.1, 0.15) is 0 Å². The lowest BCUT2D eigenvalue weighted by molar-refractivity contribution is 0.0689. The van der Waals surface area contributed by atoms with Gasteiger partial charge in [0.15, 0.2) is 11.5 Å². The Morgan fingerprint density at radius 3 is 2.29 bits per heavy atom. The van der Waals surface area contributed by atoms with E-state index in [9.17, 15) is 4.79 Å². The zero-order valence-corrected chi connectivity index (χ0v) is 10.9. The minimum atomic E-state index is -1.06. The number of aromatic carboxylic acids is 1. The van der Waals surface area contributed by atoms with Crippen LogP contribution in [0.5, 0.6) is 0 Å². The van der Waals surface area contributed by atoms with Crippen molar-refractivity contribution in [2.24, 2.45) is 5.41 Å². The molecule has 5 nitrogen and oxygen atoms in total. The molecule has 0 spiro atoms. The molecule has 0 bridgehead atoms. The smallest absolute Gasteiger partial charge is 0.356 e. The monoisotopic (exact) mass is 237 g/mol. The molecule has 1 atom stereocenters. The summed E-state index contributed by atoms with van der Waals surface area (Å²) in [6.07, 6.45) is 0. The Hall–Kier alpha value is -1.65. The van der Waals surface area contributed by atoms with E-state index >= 15 is 0 Å². The Labute approximate surface area is 101 Å². The molecule has 1 rings (SSSR count). The molecule has 0 amide bonds. The maximum atomic E-state index is 10.7. The predicted octanol–water partition coefficient (Wildman–Crippen LogP) is 2.05. The number of hydrogen-bond acceptors (Lipinski definition) is 4. The van der Waals surface area contributed by atoms with E-state index in [0.29, 0.717) is 5.82 Å². The molecule has 1 aromatic heterocycles. The van der Waals surface area contributed by atoms with Crippen LogP contribution >= 0.6 is 0 Å². The number of nitrogens with zero attached hydrogens (tertiary/aromatic N) is 3. The molecule has 5 heteroatoms. The lowest BCUT2D eigenvalue weighted by Crippen LogP contribution is -2.39. The van der Waals surface area contributed by atoms with E-state index in [2.05, 4.69) is 37.9 Å². The maximum Gasteiger partial charge on any atom is 0.356 e. The first-order chi connectivity index (χ1) is 7.73. The molecule has 17 heavy (non-hydrogen) atoms. The summed E-state index contributed by atoms with van der Waals surface area (Å²) >= 11 is 0. The maximum absolute atomic E-state index is 10.7. The van der Waals surface area contributed by atoms with E-state index < -0.39 is 5.97 Å². The van der Waals surface area contributed by atoms with Gasteiger partial charge in [-0.1, -0.05) is 20.8 Å². The third-order valence-electron chi connectivity index (χ3n) is 3.07. The quantitative estimate of drug-likeness (QED) is 0.871. The van der Waals surface area contributed by atoms with Crippen molar-refractivity contribution < 1.29 is 9.90 Å². The molecule has 0 aliphatic heterocycles. The van der Waals surface area contributed by atoms with E-state index in [4.69, 9.17) is 5.11 Å². The largest absolute Gasteiger partial charge is 0.476 e. The van der Waals surface area contributed by atoms with Crippen molar-refractivity contribution in [1.29, 1.82) is 0 Å². The summed E-state index contributed by atoms with van der Waals surface area (Å²) in [4.78, 5) is 12.7. The van der Waals surface area contributed by atoms with Crippen molar-refractivity contribution in [3.05, 3.63) is 17.8 Å². The van der Waals surface area contributed by atoms with Crippen LogP contribution in [0.4, 0.5) is 5.82 Å². The third kappa shape index (κ3) is 3.15. The van der Waals surface area contributed by atoms with Crippen LogP contribution in [0.1, 0.15) is 38.2 Å². The Bertz CT molecular complexity index is 395. The molecule has 1 unspecified atom stereocenters. The Kier molecular flexibility index (Phi) is 3.70. The fourth-order valence-corrected chi connectivity index (χ4v) is 1.41. The molecule has 1 heterocycles. The van der Waals surface area contributed by atoms with Gasteiger partial charge in [-0.2, -0.15) is 0 Å². The van der Waals surface area contributed by atoms with Crippen LogP contribution in [0.3, 0.4) is 0 Å². The standard InChI is InChI=1S/C12H19N3O2/c1-8(12(2,3)4)15(5)10-7-6-9(11(16)17)13-14-10/h6-8H,1-5H3,(H,16,17). The van der Waals surface area contributed by atoms with Gasteiger partial charge in [0, 0.05) is 13.1 Å². The van der Waals surface area contributed by atoms with Crippen LogP contribution in [-0.2, 0) is 0 Å². The molecule has 0 radical (unpaired) electrons. The van der Waals surface area contributed by atoms with Crippen molar-refractivity contribution >= 4 is 11.8 Å². The second-order valence-corrected chi connectivity index (χ2v) is 5.23. The van der Waals surface area contributed by atoms with Gasteiger partial charge in [0.25, 0.3) is 0 Å². The van der Waals surface area contributed by atoms with Crippen molar-refractivity contribution in [3.63, 3.8) is 0 Å². The van der Waals surface area contributed by atoms with E-state index in [-0.39, 0.29) is 17.2 Å². The van der Waals surface area contributed by atoms with Gasteiger partial charge < -0.3 is 10.0 Å². The molecular weight excluding hydrogens is 218 g/mol. The Morgan fingerprint density at radius 2 is 1.94 bits per heavy atom. The lowest BCUT2D eigenvalue weighted by atomic mass is 9.87. The van der Waals surface area contributed by atoms with Crippen molar-refractivity contribution in [1.82, 2.24) is 10.2 Å². The molecule has 0 fully saturated rings. The summed E-state index contributed by atoms with van der Waals surface area (Å²) in [5, 5.41) is 16.3. The van der Waals surface area contributed by atoms with Crippen LogP contribution in [-0.4, -0.2) is 34.4 Å². The molecule has 0 aromatic carbocycles. The number of hydrogen-bond donors (Lipinski definition) is 1. The molecule has 1 N–H and O–H groups in total. The van der Waals surface area contributed by atoms with E-state index in [0.717, 1.165) is 0 Å². The topological polar surface area (TPSA) is 66.3 Å². The van der Waals surface area contributed by atoms with Gasteiger partial charge in [-0.05, 0) is 24.5 Å². The van der Waals surface area contributed by atoms with Crippen LogP contribution in [0.2, 0.25) is 0 Å². The van der Waals surface area contributed by atoms with Crippen LogP contribution < -0.4 is 4.90 Å². The normalized spacial score (nSPS) is 13.2. The first kappa shape index (κ1) is 13.4. The van der Waals surface area contributed by atoms with Gasteiger partial charge in [0.05, 0.1) is 0 Å². The minimum absolute atomic E-state index is 0.0365. The summed E-state index contributed by atoms with van der Waals surface area (Å²) in [5.74, 6) is -0.381. The SMILES string of the molecule is CC(N(C)c1ccc(C(=O)O)nn1)C(C)(C)C. The zero-order valence-electron chi connectivity index (χ0n) is 10.9. The van der Waals surface area contributed by atoms with E-state index in [1.54, 1.807) is 6.07 Å². The number of carboxylic acid groups (broad SMARTS) is 1. The van der Waals surface area contributed by atoms with Gasteiger partial charge in [-0.15, -0.1) is 10.2 Å². The van der Waals surface area contributed by atoms with Crippen molar-refractivity contribution in [2.45, 2.75) is 33.7 Å². The van der Waals surface area contributed by atoms with Crippen LogP contribution in [0.15, 0.2) is 12.1 Å². The fourth-order valence-electron chi connectivity index (χ4n) is 1.41. The van der Waals surface area contributed by atoms with E-state index in [1.807, 2.05) is 11.9 Å². The highest BCUT2D eigenvalue weighted by molar-refractivity contribution is 5.85. The Balaban J connectivity index is 2.90. The first-order valence-electron chi connectivity index (χ1n) is 5.53. The van der Waals surface area contributed by atoms with Gasteiger partial charge >= 0.3 is 5.97 Å². The van der Waals surface area contributed by atoms with Crippen molar-refractivity contribution in [2.75, 3.05) is 11.9 Å². The second-order valence-electron chi connectivity index (χ2n) is 5.23. The molecular formula is C12H19N3O2. The number of aromatic nitrogens is 2. The molecule has 0 saturated carbocycles. The fraction of sp³-hybridized carbons (Fsp3) is 0.583. The predicted molar refractivity (Wildman–Crippen MR) is 66.3 cm³/mol. The summed E-state index contributed by atoms with van der Waals surface area (Å²) in [6, 6.07) is 3.42. The van der Waals surface area contributed by atoms with Gasteiger partial charge in [0.2, 0.25) is 0 Å². The highest BCUT2D eigenvalue weighted by Crippen LogP contribution is 2.25. The molecule has 1 aromatic rings. The highest BCUT2D eigenvalue weighted by atomic mass is 16.4. The number of rotatable bonds is 3. The van der Waals surface area contributed by atoms with Gasteiger partial charge in [-0.3, -0.25) is 0 Å². The molecule has 0 aliphatic rings. The average molecular weight is 237 g/mol. The summed E-state index contributed by atoms with van der Waals surface area (Å²) in [6.45, 7) is 8.54. The summed E-state index contributed by atoms with van der Waals surface area (Å²) in [7, 11) is 1.93. The lowest BCUT2D eigenvalue weighted by Gasteiger charge is -2.35. The second kappa shape index (κ2) is 4.69. The van der Waals surface area contributed by atoms with Crippen LogP contribution in [0.25, 0.3) is 0 Å². The van der Waals surface area contributed by atoms with E-state index in [1.165, 1.54) is 6.07 Å².